The number of halogens is 3. The highest BCUT2D eigenvalue weighted by atomic mass is 19.4. The van der Waals surface area contributed by atoms with Gasteiger partial charge < -0.3 is 5.32 Å². The lowest BCUT2D eigenvalue weighted by atomic mass is 9.63. The van der Waals surface area contributed by atoms with Crippen molar-refractivity contribution in [3.05, 3.63) is 29.8 Å². The van der Waals surface area contributed by atoms with Gasteiger partial charge in [0.05, 0.1) is 17.3 Å². The number of carbonyl (C=O) groups is 1. The Morgan fingerprint density at radius 1 is 1.40 bits per heavy atom. The zero-order valence-corrected chi connectivity index (χ0v) is 10.8. The molecule has 0 unspecified atom stereocenters. The highest BCUT2D eigenvalue weighted by molar-refractivity contribution is 5.98. The summed E-state index contributed by atoms with van der Waals surface area (Å²) in [7, 11) is 0. The first-order chi connectivity index (χ1) is 9.28. The monoisotopic (exact) mass is 282 g/mol. The van der Waals surface area contributed by atoms with Crippen LogP contribution >= 0.6 is 0 Å². The van der Waals surface area contributed by atoms with E-state index in [0.29, 0.717) is 12.8 Å². The van der Waals surface area contributed by atoms with Crippen molar-refractivity contribution in [2.45, 2.75) is 25.9 Å². The van der Waals surface area contributed by atoms with E-state index in [0.717, 1.165) is 6.07 Å². The minimum Gasteiger partial charge on any atom is -0.324 e. The third-order valence-electron chi connectivity index (χ3n) is 3.52. The molecule has 1 N–H and O–H groups in total. The van der Waals surface area contributed by atoms with Crippen LogP contribution in [0.25, 0.3) is 0 Å². The van der Waals surface area contributed by atoms with E-state index < -0.39 is 23.1 Å². The van der Waals surface area contributed by atoms with E-state index in [9.17, 15) is 18.0 Å². The molecule has 0 heterocycles. The molecule has 0 bridgehead atoms. The van der Waals surface area contributed by atoms with Gasteiger partial charge in [-0.2, -0.15) is 18.4 Å². The molecular weight excluding hydrogens is 269 g/mol. The van der Waals surface area contributed by atoms with Crippen LogP contribution in [0, 0.1) is 22.7 Å². The Kier molecular flexibility index (Phi) is 3.46. The van der Waals surface area contributed by atoms with Gasteiger partial charge in [-0.3, -0.25) is 4.79 Å². The summed E-state index contributed by atoms with van der Waals surface area (Å²) in [5.41, 5.74) is -2.41. The van der Waals surface area contributed by atoms with Crippen LogP contribution in [0.1, 0.15) is 25.3 Å². The largest absolute Gasteiger partial charge is 0.418 e. The molecule has 1 aliphatic rings. The van der Waals surface area contributed by atoms with Crippen LogP contribution in [0.2, 0.25) is 0 Å². The lowest BCUT2D eigenvalue weighted by Crippen LogP contribution is -2.45. The third-order valence-corrected chi connectivity index (χ3v) is 3.52. The highest BCUT2D eigenvalue weighted by Gasteiger charge is 2.49. The number of hydrogen-bond donors (Lipinski definition) is 1. The topological polar surface area (TPSA) is 52.9 Å². The summed E-state index contributed by atoms with van der Waals surface area (Å²) in [6, 6.07) is 6.68. The average molecular weight is 282 g/mol. The van der Waals surface area contributed by atoms with Gasteiger partial charge in [-0.1, -0.05) is 19.1 Å². The van der Waals surface area contributed by atoms with Crippen molar-refractivity contribution in [2.75, 3.05) is 5.32 Å². The Bertz CT molecular complexity index is 569. The normalized spacial score (nSPS) is 25.4. The number of nitrogens with one attached hydrogen (secondary N) is 1. The first kappa shape index (κ1) is 14.4. The van der Waals surface area contributed by atoms with Crippen molar-refractivity contribution < 1.29 is 18.0 Å². The van der Waals surface area contributed by atoms with Crippen LogP contribution in [-0.2, 0) is 11.0 Å². The Balaban J connectivity index is 2.24. The molecule has 0 spiro atoms. The maximum atomic E-state index is 12.8. The molecule has 1 saturated carbocycles. The second-order valence-electron chi connectivity index (χ2n) is 5.20. The molecule has 1 aliphatic carbocycles. The van der Waals surface area contributed by atoms with Crippen molar-refractivity contribution in [2.24, 2.45) is 11.3 Å². The SMILES string of the molecule is CC1CC(C#N)(C(=O)Nc2ccccc2C(F)(F)F)C1. The average Bonchev–Trinajstić information content (AvgIpc) is 2.34. The number of para-hydroxylation sites is 1. The summed E-state index contributed by atoms with van der Waals surface area (Å²) in [5, 5.41) is 11.3. The third kappa shape index (κ3) is 2.48. The van der Waals surface area contributed by atoms with Gasteiger partial charge in [-0.25, -0.2) is 0 Å². The maximum absolute atomic E-state index is 12.8. The molecule has 0 radical (unpaired) electrons. The Labute approximate surface area is 114 Å². The first-order valence-corrected chi connectivity index (χ1v) is 6.17. The summed E-state index contributed by atoms with van der Waals surface area (Å²) in [4.78, 5) is 12.1. The summed E-state index contributed by atoms with van der Waals surface area (Å²) < 4.78 is 38.5. The molecule has 3 nitrogen and oxygen atoms in total. The van der Waals surface area contributed by atoms with E-state index in [1.807, 2.05) is 13.0 Å². The van der Waals surface area contributed by atoms with Crippen molar-refractivity contribution in [3.63, 3.8) is 0 Å². The highest BCUT2D eigenvalue weighted by Crippen LogP contribution is 2.46. The van der Waals surface area contributed by atoms with Gasteiger partial charge in [0.2, 0.25) is 5.91 Å². The summed E-state index contributed by atoms with van der Waals surface area (Å²) in [6.45, 7) is 1.90. The van der Waals surface area contributed by atoms with Crippen LogP contribution < -0.4 is 5.32 Å². The molecule has 0 atom stereocenters. The standard InChI is InChI=1S/C14H13F3N2O/c1-9-6-13(7-9,8-18)12(20)19-11-5-3-2-4-10(11)14(15,16)17/h2-5,9H,6-7H2,1H3,(H,19,20). The minimum absolute atomic E-state index is 0.234. The van der Waals surface area contributed by atoms with E-state index in [-0.39, 0.29) is 11.6 Å². The van der Waals surface area contributed by atoms with Gasteiger partial charge in [0.1, 0.15) is 5.41 Å². The van der Waals surface area contributed by atoms with Crippen LogP contribution in [0.5, 0.6) is 0 Å². The number of rotatable bonds is 2. The second-order valence-corrected chi connectivity index (χ2v) is 5.20. The summed E-state index contributed by atoms with van der Waals surface area (Å²) in [5.74, 6) is -0.423. The number of amides is 1. The summed E-state index contributed by atoms with van der Waals surface area (Å²) in [6.07, 6.45) is -3.79. The molecule has 1 aromatic rings. The number of nitrogens with zero attached hydrogens (tertiary/aromatic N) is 1. The Morgan fingerprint density at radius 2 is 2.00 bits per heavy atom. The lowest BCUT2D eigenvalue weighted by molar-refractivity contribution is -0.137. The van der Waals surface area contributed by atoms with Gasteiger partial charge in [0, 0.05) is 0 Å². The van der Waals surface area contributed by atoms with E-state index >= 15 is 0 Å². The molecule has 106 valence electrons. The number of anilines is 1. The van der Waals surface area contributed by atoms with Crippen molar-refractivity contribution in [1.29, 1.82) is 5.26 Å². The van der Waals surface area contributed by atoms with Crippen LogP contribution in [-0.4, -0.2) is 5.91 Å². The number of nitriles is 1. The lowest BCUT2D eigenvalue weighted by Gasteiger charge is -2.39. The zero-order chi connectivity index (χ0) is 15.0. The van der Waals surface area contributed by atoms with Crippen molar-refractivity contribution >= 4 is 11.6 Å². The fourth-order valence-corrected chi connectivity index (χ4v) is 2.54. The van der Waals surface area contributed by atoms with Crippen molar-refractivity contribution in [3.8, 4) is 6.07 Å². The number of carbonyl (C=O) groups excluding carboxylic acids is 1. The molecule has 1 fully saturated rings. The number of benzene rings is 1. The molecule has 1 aromatic carbocycles. The predicted molar refractivity (Wildman–Crippen MR) is 66.5 cm³/mol. The molecule has 2 rings (SSSR count). The number of alkyl halides is 3. The van der Waals surface area contributed by atoms with E-state index in [1.54, 1.807) is 0 Å². The van der Waals surface area contributed by atoms with Gasteiger partial charge >= 0.3 is 6.18 Å². The smallest absolute Gasteiger partial charge is 0.324 e. The van der Waals surface area contributed by atoms with E-state index in [1.165, 1.54) is 18.2 Å². The maximum Gasteiger partial charge on any atom is 0.418 e. The predicted octanol–water partition coefficient (Wildman–Crippen LogP) is 3.58. The summed E-state index contributed by atoms with van der Waals surface area (Å²) >= 11 is 0. The Morgan fingerprint density at radius 3 is 2.50 bits per heavy atom. The van der Waals surface area contributed by atoms with Gasteiger partial charge in [0.25, 0.3) is 0 Å². The fourth-order valence-electron chi connectivity index (χ4n) is 2.54. The Hall–Kier alpha value is -2.03. The fraction of sp³-hybridized carbons (Fsp3) is 0.429. The molecular formula is C14H13F3N2O. The molecule has 0 saturated heterocycles. The van der Waals surface area contributed by atoms with Gasteiger partial charge in [-0.15, -0.1) is 0 Å². The quantitative estimate of drug-likeness (QED) is 0.901. The van der Waals surface area contributed by atoms with Crippen LogP contribution in [0.3, 0.4) is 0 Å². The first-order valence-electron chi connectivity index (χ1n) is 6.17. The van der Waals surface area contributed by atoms with Gasteiger partial charge in [0.15, 0.2) is 0 Å². The van der Waals surface area contributed by atoms with Crippen LogP contribution in [0.15, 0.2) is 24.3 Å². The van der Waals surface area contributed by atoms with E-state index in [4.69, 9.17) is 5.26 Å². The second kappa shape index (κ2) is 4.82. The molecule has 20 heavy (non-hydrogen) atoms. The molecule has 6 heteroatoms. The zero-order valence-electron chi connectivity index (χ0n) is 10.8. The van der Waals surface area contributed by atoms with Crippen molar-refractivity contribution in [1.82, 2.24) is 0 Å². The van der Waals surface area contributed by atoms with E-state index in [2.05, 4.69) is 5.32 Å². The molecule has 1 amide bonds. The minimum atomic E-state index is -4.55. The van der Waals surface area contributed by atoms with Gasteiger partial charge in [-0.05, 0) is 30.9 Å². The van der Waals surface area contributed by atoms with Crippen LogP contribution in [0.4, 0.5) is 18.9 Å². The molecule has 0 aliphatic heterocycles. The molecule has 0 aromatic heterocycles. The number of hydrogen-bond acceptors (Lipinski definition) is 2.